The van der Waals surface area contributed by atoms with Crippen LogP contribution in [-0.2, 0) is 17.6 Å². The number of halogens is 4. The molecular weight excluding hydrogens is 375 g/mol. The molecule has 0 aliphatic carbocycles. The highest BCUT2D eigenvalue weighted by Gasteiger charge is 2.35. The molecule has 0 aliphatic heterocycles. The lowest BCUT2D eigenvalue weighted by Gasteiger charge is -2.15. The molecule has 3 aromatic carbocycles. The van der Waals surface area contributed by atoms with Gasteiger partial charge in [0.1, 0.15) is 12.3 Å². The second-order valence-corrected chi connectivity index (χ2v) is 6.19. The molecular formula is C21H15ClF3NO. The minimum atomic E-state index is -4.55. The molecule has 0 aromatic heterocycles. The Bertz CT molecular complexity index is 925. The van der Waals surface area contributed by atoms with Gasteiger partial charge in [0.05, 0.1) is 5.56 Å². The van der Waals surface area contributed by atoms with Crippen LogP contribution in [0.1, 0.15) is 22.3 Å². The van der Waals surface area contributed by atoms with E-state index in [1.807, 2.05) is 30.3 Å². The minimum absolute atomic E-state index is 0.0707. The fraction of sp³-hybridized carbons (Fsp3) is 0.0952. The summed E-state index contributed by atoms with van der Waals surface area (Å²) in [6, 6.07) is 21.2. The van der Waals surface area contributed by atoms with Crippen molar-refractivity contribution in [2.24, 2.45) is 5.16 Å². The number of benzene rings is 3. The van der Waals surface area contributed by atoms with Crippen molar-refractivity contribution in [2.75, 3.05) is 0 Å². The molecule has 0 N–H and O–H groups in total. The Kier molecular flexibility index (Phi) is 5.81. The standard InChI is InChI=1S/C21H15ClF3NO/c22-17-11-12-19(21(23,24)25)18(13-17)20(16-9-5-2-6-10-16)26-27-14-15-7-3-1-4-8-15/h1-13H,14H2. The first-order valence-corrected chi connectivity index (χ1v) is 8.49. The van der Waals surface area contributed by atoms with Gasteiger partial charge in [-0.1, -0.05) is 77.4 Å². The highest BCUT2D eigenvalue weighted by atomic mass is 35.5. The molecule has 6 heteroatoms. The molecule has 0 aliphatic rings. The molecule has 0 unspecified atom stereocenters. The Hall–Kier alpha value is -2.79. The zero-order valence-electron chi connectivity index (χ0n) is 14.1. The highest BCUT2D eigenvalue weighted by molar-refractivity contribution is 6.31. The molecule has 0 saturated carbocycles. The van der Waals surface area contributed by atoms with E-state index in [9.17, 15) is 13.2 Å². The minimum Gasteiger partial charge on any atom is -0.390 e. The first kappa shape index (κ1) is 19.0. The summed E-state index contributed by atoms with van der Waals surface area (Å²) in [4.78, 5) is 5.38. The summed E-state index contributed by atoms with van der Waals surface area (Å²) >= 11 is 5.97. The third-order valence-electron chi connectivity index (χ3n) is 3.82. The lowest BCUT2D eigenvalue weighted by atomic mass is 9.97. The lowest BCUT2D eigenvalue weighted by molar-refractivity contribution is -0.137. The Morgan fingerprint density at radius 1 is 0.889 bits per heavy atom. The SMILES string of the molecule is FC(F)(F)c1ccc(Cl)cc1C(=NOCc1ccccc1)c1ccccc1. The van der Waals surface area contributed by atoms with Crippen LogP contribution in [-0.4, -0.2) is 5.71 Å². The van der Waals surface area contributed by atoms with Gasteiger partial charge < -0.3 is 4.84 Å². The van der Waals surface area contributed by atoms with Gasteiger partial charge >= 0.3 is 6.18 Å². The molecule has 0 atom stereocenters. The van der Waals surface area contributed by atoms with E-state index in [-0.39, 0.29) is 22.9 Å². The van der Waals surface area contributed by atoms with Crippen LogP contribution in [0.5, 0.6) is 0 Å². The molecule has 2 nitrogen and oxygen atoms in total. The van der Waals surface area contributed by atoms with Gasteiger partial charge in [0, 0.05) is 16.1 Å². The topological polar surface area (TPSA) is 21.6 Å². The van der Waals surface area contributed by atoms with Crippen LogP contribution < -0.4 is 0 Å². The van der Waals surface area contributed by atoms with Crippen molar-refractivity contribution in [3.05, 3.63) is 106 Å². The molecule has 27 heavy (non-hydrogen) atoms. The van der Waals surface area contributed by atoms with Gasteiger partial charge in [0.15, 0.2) is 0 Å². The van der Waals surface area contributed by atoms with Gasteiger partial charge in [0.2, 0.25) is 0 Å². The lowest BCUT2D eigenvalue weighted by Crippen LogP contribution is -2.15. The van der Waals surface area contributed by atoms with E-state index in [2.05, 4.69) is 5.16 Å². The van der Waals surface area contributed by atoms with Crippen LogP contribution in [0.15, 0.2) is 84.0 Å². The summed E-state index contributed by atoms with van der Waals surface area (Å²) in [7, 11) is 0. The number of nitrogens with zero attached hydrogens (tertiary/aromatic N) is 1. The Morgan fingerprint density at radius 2 is 1.52 bits per heavy atom. The van der Waals surface area contributed by atoms with E-state index < -0.39 is 11.7 Å². The van der Waals surface area contributed by atoms with Crippen molar-refractivity contribution in [1.29, 1.82) is 0 Å². The van der Waals surface area contributed by atoms with Crippen LogP contribution in [0.3, 0.4) is 0 Å². The monoisotopic (exact) mass is 389 g/mol. The molecule has 0 amide bonds. The maximum atomic E-state index is 13.5. The Morgan fingerprint density at radius 3 is 2.15 bits per heavy atom. The fourth-order valence-electron chi connectivity index (χ4n) is 2.56. The molecule has 138 valence electrons. The van der Waals surface area contributed by atoms with E-state index in [0.29, 0.717) is 5.56 Å². The van der Waals surface area contributed by atoms with Gasteiger partial charge in [-0.25, -0.2) is 0 Å². The van der Waals surface area contributed by atoms with E-state index in [4.69, 9.17) is 16.4 Å². The quantitative estimate of drug-likeness (QED) is 0.369. The normalized spacial score (nSPS) is 12.1. The highest BCUT2D eigenvalue weighted by Crippen LogP contribution is 2.34. The van der Waals surface area contributed by atoms with Crippen molar-refractivity contribution in [2.45, 2.75) is 12.8 Å². The van der Waals surface area contributed by atoms with Crippen molar-refractivity contribution in [3.63, 3.8) is 0 Å². The van der Waals surface area contributed by atoms with Gasteiger partial charge in [0.25, 0.3) is 0 Å². The number of rotatable bonds is 5. The van der Waals surface area contributed by atoms with E-state index in [1.165, 1.54) is 12.1 Å². The van der Waals surface area contributed by atoms with E-state index in [1.54, 1.807) is 30.3 Å². The summed E-state index contributed by atoms with van der Waals surface area (Å²) in [6.07, 6.45) is -4.55. The first-order valence-electron chi connectivity index (χ1n) is 8.11. The molecule has 0 radical (unpaired) electrons. The van der Waals surface area contributed by atoms with E-state index in [0.717, 1.165) is 11.6 Å². The third kappa shape index (κ3) is 4.89. The Labute approximate surface area is 159 Å². The summed E-state index contributed by atoms with van der Waals surface area (Å²) in [6.45, 7) is 0.138. The molecule has 0 fully saturated rings. The largest absolute Gasteiger partial charge is 0.417 e. The predicted octanol–water partition coefficient (Wildman–Crippen LogP) is 6.33. The van der Waals surface area contributed by atoms with Gasteiger partial charge in [-0.2, -0.15) is 13.2 Å². The smallest absolute Gasteiger partial charge is 0.390 e. The summed E-state index contributed by atoms with van der Waals surface area (Å²) in [5, 5.41) is 4.22. The van der Waals surface area contributed by atoms with Crippen molar-refractivity contribution in [1.82, 2.24) is 0 Å². The van der Waals surface area contributed by atoms with Gasteiger partial charge in [-0.15, -0.1) is 0 Å². The van der Waals surface area contributed by atoms with Crippen LogP contribution in [0, 0.1) is 0 Å². The van der Waals surface area contributed by atoms with Crippen molar-refractivity contribution < 1.29 is 18.0 Å². The maximum absolute atomic E-state index is 13.5. The van der Waals surface area contributed by atoms with Crippen LogP contribution >= 0.6 is 11.6 Å². The average molecular weight is 390 g/mol. The number of hydrogen-bond acceptors (Lipinski definition) is 2. The summed E-state index contributed by atoms with van der Waals surface area (Å²) < 4.78 is 40.5. The van der Waals surface area contributed by atoms with Crippen molar-refractivity contribution in [3.8, 4) is 0 Å². The molecule has 0 saturated heterocycles. The molecule has 0 bridgehead atoms. The van der Waals surface area contributed by atoms with Crippen LogP contribution in [0.2, 0.25) is 5.02 Å². The molecule has 0 heterocycles. The molecule has 3 rings (SSSR count). The molecule has 3 aromatic rings. The van der Waals surface area contributed by atoms with E-state index >= 15 is 0 Å². The fourth-order valence-corrected chi connectivity index (χ4v) is 2.73. The van der Waals surface area contributed by atoms with Crippen LogP contribution in [0.25, 0.3) is 0 Å². The predicted molar refractivity (Wildman–Crippen MR) is 99.8 cm³/mol. The number of oxime groups is 1. The van der Waals surface area contributed by atoms with Gasteiger partial charge in [-0.05, 0) is 23.8 Å². The first-order chi connectivity index (χ1) is 12.9. The third-order valence-corrected chi connectivity index (χ3v) is 4.05. The summed E-state index contributed by atoms with van der Waals surface area (Å²) in [5.74, 6) is 0. The molecule has 0 spiro atoms. The van der Waals surface area contributed by atoms with Crippen molar-refractivity contribution >= 4 is 17.3 Å². The second-order valence-electron chi connectivity index (χ2n) is 5.75. The van der Waals surface area contributed by atoms with Gasteiger partial charge in [-0.3, -0.25) is 0 Å². The Balaban J connectivity index is 2.03. The maximum Gasteiger partial charge on any atom is 0.417 e. The zero-order valence-corrected chi connectivity index (χ0v) is 14.8. The average Bonchev–Trinajstić information content (AvgIpc) is 2.66. The number of hydrogen-bond donors (Lipinski definition) is 0. The second kappa shape index (κ2) is 8.27. The van der Waals surface area contributed by atoms with Crippen LogP contribution in [0.4, 0.5) is 13.2 Å². The zero-order chi connectivity index (χ0) is 19.3. The number of alkyl halides is 3. The summed E-state index contributed by atoms with van der Waals surface area (Å²) in [5.41, 5.74) is 0.475.